The fraction of sp³-hybridized carbons (Fsp3) is 0.538. The van der Waals surface area contributed by atoms with E-state index in [2.05, 4.69) is 28.2 Å². The Morgan fingerprint density at radius 2 is 1.94 bits per heavy atom. The van der Waals surface area contributed by atoms with E-state index in [1.165, 1.54) is 25.0 Å². The van der Waals surface area contributed by atoms with Crippen molar-refractivity contribution in [2.75, 3.05) is 6.54 Å². The molecule has 0 radical (unpaired) electrons. The lowest BCUT2D eigenvalue weighted by atomic mass is 10.2. The lowest BCUT2D eigenvalue weighted by Crippen LogP contribution is -2.17. The summed E-state index contributed by atoms with van der Waals surface area (Å²) in [6.45, 7) is 3.19. The van der Waals surface area contributed by atoms with Crippen LogP contribution in [0.5, 0.6) is 0 Å². The highest BCUT2D eigenvalue weighted by Crippen LogP contribution is 2.21. The van der Waals surface area contributed by atoms with Gasteiger partial charge in [0.25, 0.3) is 0 Å². The van der Waals surface area contributed by atoms with Crippen LogP contribution in [0.4, 0.5) is 8.78 Å². The highest BCUT2D eigenvalue weighted by atomic mass is 79.9. The van der Waals surface area contributed by atoms with Gasteiger partial charge in [-0.1, -0.05) is 26.2 Å². The zero-order valence-electron chi connectivity index (χ0n) is 10.0. The number of hydrogen-bond donors (Lipinski definition) is 1. The standard InChI is InChI=1S/C13H18BrF2N/c1-2-3-4-5-8-17-9-10-12(15)7-6-11(14)13(10)16/h6-7,17H,2-5,8-9H2,1H3. The molecule has 0 aliphatic heterocycles. The number of halogens is 3. The van der Waals surface area contributed by atoms with E-state index in [1.54, 1.807) is 0 Å². The minimum Gasteiger partial charge on any atom is -0.312 e. The first-order valence-electron chi connectivity index (χ1n) is 6.00. The molecule has 0 spiro atoms. The molecule has 0 aromatic heterocycles. The summed E-state index contributed by atoms with van der Waals surface area (Å²) in [6.07, 6.45) is 4.61. The van der Waals surface area contributed by atoms with E-state index >= 15 is 0 Å². The molecule has 0 amide bonds. The molecule has 1 aromatic rings. The Hall–Kier alpha value is -0.480. The highest BCUT2D eigenvalue weighted by Gasteiger charge is 2.11. The molecule has 4 heteroatoms. The van der Waals surface area contributed by atoms with Gasteiger partial charge in [-0.05, 0) is 41.0 Å². The Morgan fingerprint density at radius 3 is 2.65 bits per heavy atom. The number of benzene rings is 1. The van der Waals surface area contributed by atoms with E-state index < -0.39 is 11.6 Å². The molecule has 1 N–H and O–H groups in total. The second kappa shape index (κ2) is 7.77. The van der Waals surface area contributed by atoms with Crippen LogP contribution in [0.1, 0.15) is 38.2 Å². The molecule has 0 fully saturated rings. The van der Waals surface area contributed by atoms with Crippen molar-refractivity contribution in [2.45, 2.75) is 39.2 Å². The molecule has 0 unspecified atom stereocenters. The molecule has 0 aliphatic carbocycles. The van der Waals surface area contributed by atoms with Gasteiger partial charge in [0.1, 0.15) is 11.6 Å². The molecule has 17 heavy (non-hydrogen) atoms. The lowest BCUT2D eigenvalue weighted by Gasteiger charge is -2.08. The molecule has 1 aromatic carbocycles. The van der Waals surface area contributed by atoms with Crippen molar-refractivity contribution in [1.82, 2.24) is 5.32 Å². The Balaban J connectivity index is 2.39. The second-order valence-electron chi connectivity index (χ2n) is 4.06. The van der Waals surface area contributed by atoms with Gasteiger partial charge in [0.15, 0.2) is 0 Å². The van der Waals surface area contributed by atoms with E-state index in [-0.39, 0.29) is 12.1 Å². The smallest absolute Gasteiger partial charge is 0.144 e. The van der Waals surface area contributed by atoms with Crippen molar-refractivity contribution in [3.8, 4) is 0 Å². The Kier molecular flexibility index (Phi) is 6.66. The van der Waals surface area contributed by atoms with Crippen molar-refractivity contribution in [1.29, 1.82) is 0 Å². The topological polar surface area (TPSA) is 12.0 Å². The minimum absolute atomic E-state index is 0.106. The third-order valence-corrected chi connectivity index (χ3v) is 3.26. The van der Waals surface area contributed by atoms with Gasteiger partial charge < -0.3 is 5.32 Å². The molecule has 0 saturated carbocycles. The van der Waals surface area contributed by atoms with Crippen LogP contribution in [-0.4, -0.2) is 6.54 Å². The van der Waals surface area contributed by atoms with Gasteiger partial charge in [-0.3, -0.25) is 0 Å². The van der Waals surface area contributed by atoms with Crippen LogP contribution >= 0.6 is 15.9 Å². The Labute approximate surface area is 110 Å². The summed E-state index contributed by atoms with van der Waals surface area (Å²) in [4.78, 5) is 0. The molecule has 1 rings (SSSR count). The molecule has 0 heterocycles. The zero-order chi connectivity index (χ0) is 12.7. The number of hydrogen-bond acceptors (Lipinski definition) is 1. The van der Waals surface area contributed by atoms with Gasteiger partial charge in [-0.25, -0.2) is 8.78 Å². The summed E-state index contributed by atoms with van der Waals surface area (Å²) in [5.41, 5.74) is 0.106. The normalized spacial score (nSPS) is 10.8. The summed E-state index contributed by atoms with van der Waals surface area (Å²) in [5.74, 6) is -1.00. The number of rotatable bonds is 7. The van der Waals surface area contributed by atoms with E-state index in [9.17, 15) is 8.78 Å². The van der Waals surface area contributed by atoms with Crippen LogP contribution in [0.3, 0.4) is 0 Å². The van der Waals surface area contributed by atoms with E-state index in [0.29, 0.717) is 4.47 Å². The van der Waals surface area contributed by atoms with E-state index in [1.807, 2.05) is 0 Å². The van der Waals surface area contributed by atoms with Gasteiger partial charge in [-0.2, -0.15) is 0 Å². The maximum absolute atomic E-state index is 13.6. The third kappa shape index (κ3) is 4.72. The average Bonchev–Trinajstić information content (AvgIpc) is 2.32. The van der Waals surface area contributed by atoms with Crippen molar-refractivity contribution in [2.24, 2.45) is 0 Å². The lowest BCUT2D eigenvalue weighted by molar-refractivity contribution is 0.524. The predicted molar refractivity (Wildman–Crippen MR) is 69.9 cm³/mol. The predicted octanol–water partition coefficient (Wildman–Crippen LogP) is 4.40. The first-order chi connectivity index (χ1) is 8.16. The van der Waals surface area contributed by atoms with Crippen molar-refractivity contribution < 1.29 is 8.78 Å². The number of unbranched alkanes of at least 4 members (excludes halogenated alkanes) is 3. The van der Waals surface area contributed by atoms with Crippen molar-refractivity contribution >= 4 is 15.9 Å². The SMILES string of the molecule is CCCCCCNCc1c(F)ccc(Br)c1F. The van der Waals surface area contributed by atoms with Gasteiger partial charge in [0.05, 0.1) is 4.47 Å². The maximum Gasteiger partial charge on any atom is 0.144 e. The third-order valence-electron chi connectivity index (χ3n) is 2.65. The van der Waals surface area contributed by atoms with Crippen LogP contribution in [-0.2, 0) is 6.54 Å². The highest BCUT2D eigenvalue weighted by molar-refractivity contribution is 9.10. The largest absolute Gasteiger partial charge is 0.312 e. The second-order valence-corrected chi connectivity index (χ2v) is 4.91. The number of nitrogens with one attached hydrogen (secondary N) is 1. The van der Waals surface area contributed by atoms with Crippen molar-refractivity contribution in [3.63, 3.8) is 0 Å². The quantitative estimate of drug-likeness (QED) is 0.581. The molecular weight excluding hydrogens is 288 g/mol. The monoisotopic (exact) mass is 305 g/mol. The Bertz CT molecular complexity index is 356. The molecule has 0 atom stereocenters. The molecule has 0 aliphatic rings. The summed E-state index contributed by atoms with van der Waals surface area (Å²) >= 11 is 3.05. The molecule has 0 bridgehead atoms. The first kappa shape index (κ1) is 14.6. The van der Waals surface area contributed by atoms with E-state index in [0.717, 1.165) is 19.4 Å². The maximum atomic E-state index is 13.6. The Morgan fingerprint density at radius 1 is 1.18 bits per heavy atom. The molecule has 0 saturated heterocycles. The van der Waals surface area contributed by atoms with Crippen LogP contribution in [0.15, 0.2) is 16.6 Å². The molecular formula is C13H18BrF2N. The van der Waals surface area contributed by atoms with Crippen LogP contribution in [0, 0.1) is 11.6 Å². The van der Waals surface area contributed by atoms with Gasteiger partial charge >= 0.3 is 0 Å². The van der Waals surface area contributed by atoms with Gasteiger partial charge in [0, 0.05) is 12.1 Å². The van der Waals surface area contributed by atoms with Crippen LogP contribution in [0.25, 0.3) is 0 Å². The minimum atomic E-state index is -0.508. The summed E-state index contributed by atoms with van der Waals surface area (Å²) in [5, 5.41) is 3.07. The van der Waals surface area contributed by atoms with Crippen LogP contribution < -0.4 is 5.32 Å². The fourth-order valence-electron chi connectivity index (χ4n) is 1.62. The van der Waals surface area contributed by atoms with Gasteiger partial charge in [-0.15, -0.1) is 0 Å². The fourth-order valence-corrected chi connectivity index (χ4v) is 1.99. The summed E-state index contributed by atoms with van der Waals surface area (Å²) in [6, 6.07) is 2.66. The van der Waals surface area contributed by atoms with Crippen LogP contribution in [0.2, 0.25) is 0 Å². The summed E-state index contributed by atoms with van der Waals surface area (Å²) in [7, 11) is 0. The van der Waals surface area contributed by atoms with E-state index in [4.69, 9.17) is 0 Å². The first-order valence-corrected chi connectivity index (χ1v) is 6.79. The summed E-state index contributed by atoms with van der Waals surface area (Å²) < 4.78 is 27.2. The van der Waals surface area contributed by atoms with Gasteiger partial charge in [0.2, 0.25) is 0 Å². The zero-order valence-corrected chi connectivity index (χ0v) is 11.6. The van der Waals surface area contributed by atoms with Crippen molar-refractivity contribution in [3.05, 3.63) is 33.8 Å². The average molecular weight is 306 g/mol. The molecule has 1 nitrogen and oxygen atoms in total. The molecule has 96 valence electrons.